The number of alkyl halides is 3. The second-order valence-corrected chi connectivity index (χ2v) is 5.47. The second kappa shape index (κ2) is 10.2. The van der Waals surface area contributed by atoms with Crippen LogP contribution in [0.1, 0.15) is 19.4 Å². The molecule has 0 spiro atoms. The number of hydrogen-bond acceptors (Lipinski definition) is 3. The van der Waals surface area contributed by atoms with Gasteiger partial charge in [-0.15, -0.1) is 12.4 Å². The van der Waals surface area contributed by atoms with E-state index in [1.54, 1.807) is 38.2 Å². The zero-order chi connectivity index (χ0) is 18.3. The molecule has 0 fully saturated rings. The van der Waals surface area contributed by atoms with E-state index in [0.717, 1.165) is 0 Å². The highest BCUT2D eigenvalue weighted by molar-refractivity contribution is 5.92. The molecule has 5 nitrogen and oxygen atoms in total. The minimum atomic E-state index is -4.90. The molecule has 0 aliphatic heterocycles. The first-order valence-electron chi connectivity index (χ1n) is 7.59. The lowest BCUT2D eigenvalue weighted by atomic mass is 10.1. The molecule has 0 aromatic heterocycles. The quantitative estimate of drug-likeness (QED) is 0.763. The number of benzene rings is 1. The molecule has 2 amide bonds. The first-order chi connectivity index (χ1) is 11.2. The van der Waals surface area contributed by atoms with Gasteiger partial charge in [-0.3, -0.25) is 9.59 Å². The van der Waals surface area contributed by atoms with E-state index in [-0.39, 0.29) is 37.3 Å². The van der Waals surface area contributed by atoms with Crippen LogP contribution in [0, 0.1) is 5.92 Å². The van der Waals surface area contributed by atoms with E-state index in [9.17, 15) is 22.8 Å². The Morgan fingerprint density at radius 1 is 1.28 bits per heavy atom. The third kappa shape index (κ3) is 7.31. The van der Waals surface area contributed by atoms with Crippen molar-refractivity contribution in [2.45, 2.75) is 26.6 Å². The van der Waals surface area contributed by atoms with Gasteiger partial charge in [-0.05, 0) is 31.7 Å². The van der Waals surface area contributed by atoms with Crippen molar-refractivity contribution in [2.24, 2.45) is 5.92 Å². The Bertz CT molecular complexity index is 582. The summed E-state index contributed by atoms with van der Waals surface area (Å²) < 4.78 is 37.6. The van der Waals surface area contributed by atoms with E-state index in [1.807, 2.05) is 0 Å². The van der Waals surface area contributed by atoms with E-state index in [2.05, 4.69) is 10.6 Å². The van der Waals surface area contributed by atoms with Gasteiger partial charge in [0.2, 0.25) is 5.91 Å². The topological polar surface area (TPSA) is 61.4 Å². The fraction of sp³-hybridized carbons (Fsp3) is 0.500. The number of carbonyl (C=O) groups excluding carboxylic acids is 2. The standard InChI is InChI=1S/C16H22F3N3O2.ClH/c1-4-22(15(24)16(17,18)19)10-12-6-5-7-13(8-12)21-14(23)11(2)9-20-3;/h5-8,11,20H,4,9-10H2,1-3H3,(H,21,23);1H. The number of nitrogens with one attached hydrogen (secondary N) is 2. The predicted molar refractivity (Wildman–Crippen MR) is 92.6 cm³/mol. The maximum atomic E-state index is 12.5. The van der Waals surface area contributed by atoms with Crippen LogP contribution in [0.2, 0.25) is 0 Å². The Hall–Kier alpha value is -1.80. The number of halogens is 4. The van der Waals surface area contributed by atoms with E-state index in [1.165, 1.54) is 6.92 Å². The smallest absolute Gasteiger partial charge is 0.331 e. The van der Waals surface area contributed by atoms with Gasteiger partial charge in [-0.2, -0.15) is 13.2 Å². The van der Waals surface area contributed by atoms with Crippen molar-refractivity contribution in [3.8, 4) is 0 Å². The van der Waals surface area contributed by atoms with E-state index < -0.39 is 12.1 Å². The predicted octanol–water partition coefficient (Wildman–Crippen LogP) is 2.81. The van der Waals surface area contributed by atoms with Gasteiger partial charge in [0, 0.05) is 31.2 Å². The maximum Gasteiger partial charge on any atom is 0.471 e. The number of hydrogen-bond donors (Lipinski definition) is 2. The largest absolute Gasteiger partial charge is 0.471 e. The summed E-state index contributed by atoms with van der Waals surface area (Å²) in [6, 6.07) is 6.45. The lowest BCUT2D eigenvalue weighted by Crippen LogP contribution is -2.40. The number of anilines is 1. The highest BCUT2D eigenvalue weighted by Crippen LogP contribution is 2.21. The highest BCUT2D eigenvalue weighted by atomic mass is 35.5. The van der Waals surface area contributed by atoms with Crippen LogP contribution in [0.4, 0.5) is 18.9 Å². The molecule has 0 radical (unpaired) electrons. The third-order valence-corrected chi connectivity index (χ3v) is 3.44. The highest BCUT2D eigenvalue weighted by Gasteiger charge is 2.41. The SMILES string of the molecule is CCN(Cc1cccc(NC(=O)C(C)CNC)c1)C(=O)C(F)(F)F.Cl. The van der Waals surface area contributed by atoms with E-state index in [4.69, 9.17) is 0 Å². The Balaban J connectivity index is 0.00000576. The van der Waals surface area contributed by atoms with Gasteiger partial charge in [0.05, 0.1) is 0 Å². The van der Waals surface area contributed by atoms with Gasteiger partial charge in [-0.1, -0.05) is 19.1 Å². The molecular weight excluding hydrogens is 359 g/mol. The molecule has 142 valence electrons. The first-order valence-corrected chi connectivity index (χ1v) is 7.59. The van der Waals surface area contributed by atoms with Gasteiger partial charge in [-0.25, -0.2) is 0 Å². The third-order valence-electron chi connectivity index (χ3n) is 3.44. The average molecular weight is 382 g/mol. The van der Waals surface area contributed by atoms with Crippen molar-refractivity contribution >= 4 is 29.9 Å². The van der Waals surface area contributed by atoms with Crippen molar-refractivity contribution in [3.05, 3.63) is 29.8 Å². The molecule has 1 rings (SSSR count). The van der Waals surface area contributed by atoms with E-state index >= 15 is 0 Å². The van der Waals surface area contributed by atoms with Crippen molar-refractivity contribution in [2.75, 3.05) is 25.5 Å². The molecule has 1 aromatic carbocycles. The summed E-state index contributed by atoms with van der Waals surface area (Å²) in [6.45, 7) is 3.51. The van der Waals surface area contributed by atoms with Crippen molar-refractivity contribution in [1.29, 1.82) is 0 Å². The van der Waals surface area contributed by atoms with Crippen LogP contribution in [0.3, 0.4) is 0 Å². The minimum absolute atomic E-state index is 0. The van der Waals surface area contributed by atoms with Crippen molar-refractivity contribution in [3.63, 3.8) is 0 Å². The molecule has 9 heteroatoms. The van der Waals surface area contributed by atoms with Crippen molar-refractivity contribution in [1.82, 2.24) is 10.2 Å². The molecule has 0 heterocycles. The fourth-order valence-electron chi connectivity index (χ4n) is 2.14. The Kier molecular flexibility index (Phi) is 9.51. The van der Waals surface area contributed by atoms with Crippen LogP contribution in [0.25, 0.3) is 0 Å². The Morgan fingerprint density at radius 3 is 2.44 bits per heavy atom. The van der Waals surface area contributed by atoms with Crippen LogP contribution in [0.5, 0.6) is 0 Å². The molecule has 25 heavy (non-hydrogen) atoms. The van der Waals surface area contributed by atoms with E-state index in [0.29, 0.717) is 22.7 Å². The molecular formula is C16H23ClF3N3O2. The van der Waals surface area contributed by atoms with Crippen LogP contribution < -0.4 is 10.6 Å². The van der Waals surface area contributed by atoms with Gasteiger partial charge < -0.3 is 15.5 Å². The average Bonchev–Trinajstić information content (AvgIpc) is 2.51. The molecule has 0 aliphatic carbocycles. The lowest BCUT2D eigenvalue weighted by Gasteiger charge is -2.22. The summed E-state index contributed by atoms with van der Waals surface area (Å²) in [4.78, 5) is 24.0. The van der Waals surface area contributed by atoms with Gasteiger partial charge in [0.25, 0.3) is 0 Å². The fourth-order valence-corrected chi connectivity index (χ4v) is 2.14. The molecule has 0 bridgehead atoms. The zero-order valence-corrected chi connectivity index (χ0v) is 15.1. The summed E-state index contributed by atoms with van der Waals surface area (Å²) in [7, 11) is 1.74. The molecule has 0 saturated heterocycles. The van der Waals surface area contributed by atoms with Gasteiger partial charge in [0.1, 0.15) is 0 Å². The maximum absolute atomic E-state index is 12.5. The van der Waals surface area contributed by atoms with Crippen molar-refractivity contribution < 1.29 is 22.8 Å². The second-order valence-electron chi connectivity index (χ2n) is 5.47. The number of nitrogens with zero attached hydrogens (tertiary/aromatic N) is 1. The zero-order valence-electron chi connectivity index (χ0n) is 14.3. The summed E-state index contributed by atoms with van der Waals surface area (Å²) in [5, 5.41) is 5.61. The summed E-state index contributed by atoms with van der Waals surface area (Å²) in [5.74, 6) is -2.32. The van der Waals surface area contributed by atoms with Crippen LogP contribution >= 0.6 is 12.4 Å². The number of amides is 2. The Labute approximate surface area is 151 Å². The summed E-state index contributed by atoms with van der Waals surface area (Å²) >= 11 is 0. The molecule has 0 saturated carbocycles. The molecule has 1 unspecified atom stereocenters. The van der Waals surface area contributed by atoms with Crippen LogP contribution in [-0.2, 0) is 16.1 Å². The first kappa shape index (κ1) is 23.2. The summed E-state index contributed by atoms with van der Waals surface area (Å²) in [5.41, 5.74) is 0.990. The lowest BCUT2D eigenvalue weighted by molar-refractivity contribution is -0.185. The molecule has 0 aliphatic rings. The van der Waals surface area contributed by atoms with Gasteiger partial charge >= 0.3 is 12.1 Å². The monoisotopic (exact) mass is 381 g/mol. The normalized spacial score (nSPS) is 12.1. The molecule has 1 aromatic rings. The number of carbonyl (C=O) groups is 2. The van der Waals surface area contributed by atoms with Crippen LogP contribution in [0.15, 0.2) is 24.3 Å². The van der Waals surface area contributed by atoms with Gasteiger partial charge in [0.15, 0.2) is 0 Å². The summed E-state index contributed by atoms with van der Waals surface area (Å²) in [6.07, 6.45) is -4.90. The minimum Gasteiger partial charge on any atom is -0.331 e. The van der Waals surface area contributed by atoms with Crippen LogP contribution in [-0.4, -0.2) is 43.0 Å². The Morgan fingerprint density at radius 2 is 1.92 bits per heavy atom. The molecule has 2 N–H and O–H groups in total. The molecule has 1 atom stereocenters. The number of rotatable bonds is 7.